The fourth-order valence-electron chi connectivity index (χ4n) is 3.74. The molecule has 3 nitrogen and oxygen atoms in total. The maximum atomic E-state index is 11.8. The quantitative estimate of drug-likeness (QED) is 0.303. The van der Waals surface area contributed by atoms with E-state index in [4.69, 9.17) is 11.6 Å². The van der Waals surface area contributed by atoms with Crippen LogP contribution in [0.25, 0.3) is 12.2 Å². The summed E-state index contributed by atoms with van der Waals surface area (Å²) in [6.07, 6.45) is 16.2. The first-order valence-electron chi connectivity index (χ1n) is 10.5. The summed E-state index contributed by atoms with van der Waals surface area (Å²) in [5.41, 5.74) is 2.04. The van der Waals surface area contributed by atoms with Crippen LogP contribution in [-0.4, -0.2) is 13.0 Å². The van der Waals surface area contributed by atoms with Gasteiger partial charge in [-0.3, -0.25) is 4.55 Å². The van der Waals surface area contributed by atoms with Gasteiger partial charge in [-0.05, 0) is 34.9 Å². The zero-order chi connectivity index (χ0) is 23.3. The van der Waals surface area contributed by atoms with Crippen LogP contribution in [0.4, 0.5) is 0 Å². The average Bonchev–Trinajstić information content (AvgIpc) is 2.83. The maximum Gasteiger partial charge on any atom is 0.295 e. The minimum absolute atomic E-state index is 0.121. The lowest BCUT2D eigenvalue weighted by molar-refractivity contribution is 0.483. The van der Waals surface area contributed by atoms with Gasteiger partial charge in [-0.15, -0.1) is 0 Å². The topological polar surface area (TPSA) is 54.4 Å². The Bertz CT molecular complexity index is 1320. The van der Waals surface area contributed by atoms with Gasteiger partial charge in [-0.25, -0.2) is 0 Å². The van der Waals surface area contributed by atoms with Gasteiger partial charge in [-0.1, -0.05) is 121 Å². The molecule has 0 saturated heterocycles. The molecular formula is C28H23ClO3S. The van der Waals surface area contributed by atoms with E-state index >= 15 is 0 Å². The van der Waals surface area contributed by atoms with Crippen LogP contribution in [0.2, 0.25) is 5.02 Å². The second kappa shape index (κ2) is 9.75. The predicted molar refractivity (Wildman–Crippen MR) is 136 cm³/mol. The van der Waals surface area contributed by atoms with Crippen LogP contribution >= 0.6 is 11.6 Å². The molecule has 0 atom stereocenters. The molecule has 0 bridgehead atoms. The summed E-state index contributed by atoms with van der Waals surface area (Å²) < 4.78 is 33.2. The Balaban J connectivity index is 1.71. The van der Waals surface area contributed by atoms with Crippen LogP contribution in [0, 0.1) is 5.41 Å². The van der Waals surface area contributed by atoms with Gasteiger partial charge in [0.2, 0.25) is 0 Å². The number of hydrogen-bond acceptors (Lipinski definition) is 2. The largest absolute Gasteiger partial charge is 0.295 e. The van der Waals surface area contributed by atoms with Gasteiger partial charge < -0.3 is 0 Å². The van der Waals surface area contributed by atoms with Crippen LogP contribution in [0.1, 0.15) is 22.6 Å². The number of benzene rings is 3. The lowest BCUT2D eigenvalue weighted by Gasteiger charge is -2.25. The molecule has 0 unspecified atom stereocenters. The van der Waals surface area contributed by atoms with Crippen molar-refractivity contribution in [3.63, 3.8) is 0 Å². The van der Waals surface area contributed by atoms with E-state index in [0.717, 1.165) is 5.56 Å². The molecule has 3 aromatic carbocycles. The summed E-state index contributed by atoms with van der Waals surface area (Å²) >= 11 is 6.00. The van der Waals surface area contributed by atoms with Crippen LogP contribution in [0.5, 0.6) is 0 Å². The summed E-state index contributed by atoms with van der Waals surface area (Å²) in [5, 5.41) is 0.673. The molecule has 0 saturated carbocycles. The van der Waals surface area contributed by atoms with E-state index in [1.807, 2.05) is 54.6 Å². The van der Waals surface area contributed by atoms with Crippen molar-refractivity contribution in [1.82, 2.24) is 0 Å². The number of halogens is 1. The van der Waals surface area contributed by atoms with Crippen molar-refractivity contribution in [2.75, 3.05) is 0 Å². The molecule has 0 spiro atoms. The molecule has 5 heteroatoms. The molecule has 0 amide bonds. The Morgan fingerprint density at radius 2 is 1.39 bits per heavy atom. The molecule has 4 rings (SSSR count). The first-order valence-corrected chi connectivity index (χ1v) is 12.3. The molecule has 3 aromatic rings. The molecule has 0 aromatic heterocycles. The zero-order valence-corrected chi connectivity index (χ0v) is 19.3. The average molecular weight is 475 g/mol. The second-order valence-corrected chi connectivity index (χ2v) is 9.71. The van der Waals surface area contributed by atoms with Crippen molar-refractivity contribution in [2.24, 2.45) is 5.41 Å². The molecular weight excluding hydrogens is 452 g/mol. The highest BCUT2D eigenvalue weighted by Crippen LogP contribution is 2.36. The second-order valence-electron chi connectivity index (χ2n) is 7.89. The SMILES string of the molecule is O=S(=O)(O)c1ccccc1/C=C/C1(/C=C/c2ccc(Cl)cc2)C=CC(c2ccccc2)C=C1. The molecule has 0 radical (unpaired) electrons. The molecule has 1 aliphatic rings. The van der Waals surface area contributed by atoms with E-state index in [9.17, 15) is 13.0 Å². The highest BCUT2D eigenvalue weighted by atomic mass is 35.5. The standard InChI is InChI=1S/C28H23ClO3S/c29-26-12-10-22(11-13-26)14-18-28(19-15-24(16-20-28)23-6-2-1-3-7-23)21-17-25-8-4-5-9-27(25)33(30,31)32/h1-21,24H,(H,30,31,32)/b18-14+,21-17+. The van der Waals surface area contributed by atoms with E-state index < -0.39 is 15.5 Å². The van der Waals surface area contributed by atoms with Crippen molar-refractivity contribution >= 4 is 33.9 Å². The van der Waals surface area contributed by atoms with E-state index in [2.05, 4.69) is 42.5 Å². The third-order valence-corrected chi connectivity index (χ3v) is 6.73. The van der Waals surface area contributed by atoms with Gasteiger partial charge in [0.1, 0.15) is 4.90 Å². The number of allylic oxidation sites excluding steroid dienone is 6. The zero-order valence-electron chi connectivity index (χ0n) is 17.8. The predicted octanol–water partition coefficient (Wildman–Crippen LogP) is 7.21. The normalized spacial score (nSPS) is 20.6. The van der Waals surface area contributed by atoms with Gasteiger partial charge in [0.05, 0.1) is 0 Å². The van der Waals surface area contributed by atoms with Gasteiger partial charge in [0.15, 0.2) is 0 Å². The molecule has 0 aliphatic heterocycles. The molecule has 1 aliphatic carbocycles. The third kappa shape index (κ3) is 5.79. The first kappa shape index (κ1) is 23.0. The molecule has 33 heavy (non-hydrogen) atoms. The van der Waals surface area contributed by atoms with E-state index in [-0.39, 0.29) is 10.8 Å². The van der Waals surface area contributed by atoms with Crippen LogP contribution in [0.3, 0.4) is 0 Å². The van der Waals surface area contributed by atoms with Gasteiger partial charge in [0, 0.05) is 16.4 Å². The van der Waals surface area contributed by atoms with Crippen molar-refractivity contribution in [2.45, 2.75) is 10.8 Å². The maximum absolute atomic E-state index is 11.8. The Hall–Kier alpha value is -3.18. The van der Waals surface area contributed by atoms with Crippen molar-refractivity contribution in [3.8, 4) is 0 Å². The third-order valence-electron chi connectivity index (χ3n) is 5.55. The monoisotopic (exact) mass is 474 g/mol. The summed E-state index contributed by atoms with van der Waals surface area (Å²) in [5.74, 6) is 0.154. The van der Waals surface area contributed by atoms with E-state index in [0.29, 0.717) is 10.6 Å². The van der Waals surface area contributed by atoms with Crippen molar-refractivity contribution < 1.29 is 13.0 Å². The highest BCUT2D eigenvalue weighted by molar-refractivity contribution is 7.85. The summed E-state index contributed by atoms with van der Waals surface area (Å²) in [6.45, 7) is 0. The lowest BCUT2D eigenvalue weighted by atomic mass is 9.79. The summed E-state index contributed by atoms with van der Waals surface area (Å²) in [6, 6.07) is 24.1. The smallest absolute Gasteiger partial charge is 0.282 e. The Kier molecular flexibility index (Phi) is 6.80. The van der Waals surface area contributed by atoms with Gasteiger partial charge >= 0.3 is 0 Å². The fraction of sp³-hybridized carbons (Fsp3) is 0.0714. The lowest BCUT2D eigenvalue weighted by Crippen LogP contribution is -2.12. The number of rotatable bonds is 6. The van der Waals surface area contributed by atoms with Crippen LogP contribution in [0.15, 0.2) is 120 Å². The molecule has 0 heterocycles. The molecule has 166 valence electrons. The van der Waals surface area contributed by atoms with Gasteiger partial charge in [0.25, 0.3) is 10.1 Å². The van der Waals surface area contributed by atoms with Crippen LogP contribution < -0.4 is 0 Å². The van der Waals surface area contributed by atoms with Crippen LogP contribution in [-0.2, 0) is 10.1 Å². The van der Waals surface area contributed by atoms with E-state index in [1.54, 1.807) is 24.3 Å². The number of hydrogen-bond donors (Lipinski definition) is 1. The Morgan fingerprint density at radius 1 is 0.788 bits per heavy atom. The van der Waals surface area contributed by atoms with Crippen molar-refractivity contribution in [1.29, 1.82) is 0 Å². The minimum Gasteiger partial charge on any atom is -0.282 e. The van der Waals surface area contributed by atoms with Crippen molar-refractivity contribution in [3.05, 3.63) is 137 Å². The highest BCUT2D eigenvalue weighted by Gasteiger charge is 2.22. The molecule has 0 fully saturated rings. The minimum atomic E-state index is -4.33. The Labute approximate surface area is 199 Å². The summed E-state index contributed by atoms with van der Waals surface area (Å²) in [7, 11) is -4.33. The fourth-order valence-corrected chi connectivity index (χ4v) is 4.55. The Morgan fingerprint density at radius 3 is 2.06 bits per heavy atom. The van der Waals surface area contributed by atoms with E-state index in [1.165, 1.54) is 11.6 Å². The molecule has 1 N–H and O–H groups in total. The van der Waals surface area contributed by atoms with Gasteiger partial charge in [-0.2, -0.15) is 8.42 Å². The first-order chi connectivity index (χ1) is 15.8. The summed E-state index contributed by atoms with van der Waals surface area (Å²) in [4.78, 5) is -0.121.